The van der Waals surface area contributed by atoms with Crippen molar-refractivity contribution < 1.29 is 4.42 Å². The van der Waals surface area contributed by atoms with Crippen LogP contribution in [0.2, 0.25) is 0 Å². The third kappa shape index (κ3) is 4.80. The fourth-order valence-corrected chi connectivity index (χ4v) is 8.36. The van der Waals surface area contributed by atoms with E-state index in [0.717, 1.165) is 49.8 Å². The van der Waals surface area contributed by atoms with Gasteiger partial charge in [0.05, 0.1) is 0 Å². The van der Waals surface area contributed by atoms with Gasteiger partial charge in [-0.25, -0.2) is 15.0 Å². The van der Waals surface area contributed by atoms with Crippen LogP contribution in [0.3, 0.4) is 0 Å². The number of nitrogens with zero attached hydrogens (tertiary/aromatic N) is 3. The van der Waals surface area contributed by atoms with Crippen molar-refractivity contribution in [2.24, 2.45) is 5.92 Å². The van der Waals surface area contributed by atoms with E-state index >= 15 is 0 Å². The van der Waals surface area contributed by atoms with Crippen molar-refractivity contribution in [2.75, 3.05) is 0 Å². The van der Waals surface area contributed by atoms with Crippen LogP contribution in [-0.4, -0.2) is 15.0 Å². The SMILES string of the molecule is C1=CC2c3ccccc3C=CC2C=C1c1nc(-c2ccccc2)nc(-c2ccc(-c3cc4ccccc4c4ccccc34)c3oc4ccccc4c23)n1. The van der Waals surface area contributed by atoms with Crippen molar-refractivity contribution in [2.45, 2.75) is 5.92 Å². The van der Waals surface area contributed by atoms with Gasteiger partial charge in [0, 0.05) is 44.9 Å². The quantitative estimate of drug-likeness (QED) is 0.174. The molecule has 9 aromatic rings. The number of hydrogen-bond donors (Lipinski definition) is 0. The summed E-state index contributed by atoms with van der Waals surface area (Å²) in [6.45, 7) is 0. The number of fused-ring (bicyclic) bond motifs is 9. The molecule has 0 bridgehead atoms. The van der Waals surface area contributed by atoms with Gasteiger partial charge in [-0.15, -0.1) is 0 Å². The lowest BCUT2D eigenvalue weighted by Gasteiger charge is -2.28. The lowest BCUT2D eigenvalue weighted by molar-refractivity contribution is 0.670. The molecule has 2 unspecified atom stereocenters. The van der Waals surface area contributed by atoms with Crippen LogP contribution in [0.25, 0.3) is 89.0 Å². The topological polar surface area (TPSA) is 51.8 Å². The lowest BCUT2D eigenvalue weighted by Crippen LogP contribution is -2.15. The zero-order valence-corrected chi connectivity index (χ0v) is 28.6. The second-order valence-corrected chi connectivity index (χ2v) is 13.9. The summed E-state index contributed by atoms with van der Waals surface area (Å²) in [5, 5.41) is 6.85. The molecule has 0 saturated carbocycles. The van der Waals surface area contributed by atoms with Gasteiger partial charge in [0.15, 0.2) is 17.5 Å². The summed E-state index contributed by atoms with van der Waals surface area (Å²) >= 11 is 0. The predicted molar refractivity (Wildman–Crippen MR) is 217 cm³/mol. The molecule has 2 aromatic heterocycles. The Balaban J connectivity index is 1.14. The minimum atomic E-state index is 0.214. The average Bonchev–Trinajstić information content (AvgIpc) is 3.63. The molecule has 53 heavy (non-hydrogen) atoms. The molecule has 11 rings (SSSR count). The molecule has 2 heterocycles. The summed E-state index contributed by atoms with van der Waals surface area (Å²) in [4.78, 5) is 15.5. The van der Waals surface area contributed by atoms with Gasteiger partial charge in [-0.3, -0.25) is 0 Å². The van der Waals surface area contributed by atoms with Crippen molar-refractivity contribution >= 4 is 55.1 Å². The maximum atomic E-state index is 6.81. The summed E-state index contributed by atoms with van der Waals surface area (Å²) < 4.78 is 6.81. The highest BCUT2D eigenvalue weighted by molar-refractivity contribution is 6.20. The van der Waals surface area contributed by atoms with E-state index in [4.69, 9.17) is 19.4 Å². The minimum absolute atomic E-state index is 0.214. The van der Waals surface area contributed by atoms with Gasteiger partial charge >= 0.3 is 0 Å². The Morgan fingerprint density at radius 3 is 2.09 bits per heavy atom. The number of para-hydroxylation sites is 1. The fourth-order valence-electron chi connectivity index (χ4n) is 8.36. The Labute approximate surface area is 306 Å². The Hall–Kier alpha value is -6.91. The molecule has 2 aliphatic carbocycles. The molecule has 248 valence electrons. The molecule has 0 fully saturated rings. The summed E-state index contributed by atoms with van der Waals surface area (Å²) in [5.74, 6) is 2.40. The molecule has 0 spiro atoms. The Morgan fingerprint density at radius 1 is 0.491 bits per heavy atom. The number of benzene rings is 7. The number of aromatic nitrogens is 3. The normalized spacial score (nSPS) is 16.3. The van der Waals surface area contributed by atoms with Crippen LogP contribution in [-0.2, 0) is 0 Å². The monoisotopic (exact) mass is 677 g/mol. The summed E-state index contributed by atoms with van der Waals surface area (Å²) in [6.07, 6.45) is 11.3. The number of allylic oxidation sites excluding steroid dienone is 5. The molecule has 2 atom stereocenters. The first-order valence-corrected chi connectivity index (χ1v) is 18.1. The highest BCUT2D eigenvalue weighted by Gasteiger charge is 2.27. The van der Waals surface area contributed by atoms with E-state index in [9.17, 15) is 0 Å². The van der Waals surface area contributed by atoms with E-state index in [1.807, 2.05) is 30.3 Å². The van der Waals surface area contributed by atoms with E-state index in [1.54, 1.807) is 0 Å². The molecule has 0 saturated heterocycles. The van der Waals surface area contributed by atoms with Crippen molar-refractivity contribution in [1.29, 1.82) is 0 Å². The number of rotatable bonds is 4. The molecule has 0 aliphatic heterocycles. The van der Waals surface area contributed by atoms with Crippen LogP contribution in [0.1, 0.15) is 22.9 Å². The minimum Gasteiger partial charge on any atom is -0.455 e. The first-order valence-electron chi connectivity index (χ1n) is 18.1. The third-order valence-electron chi connectivity index (χ3n) is 10.9. The maximum absolute atomic E-state index is 6.81. The van der Waals surface area contributed by atoms with Gasteiger partial charge in [-0.1, -0.05) is 152 Å². The van der Waals surface area contributed by atoms with E-state index in [1.165, 1.54) is 32.7 Å². The van der Waals surface area contributed by atoms with Crippen molar-refractivity contribution in [3.63, 3.8) is 0 Å². The van der Waals surface area contributed by atoms with E-state index in [-0.39, 0.29) is 11.8 Å². The Kier molecular flexibility index (Phi) is 6.65. The molecular weight excluding hydrogens is 647 g/mol. The standard InChI is InChI=1S/C49H31N3O/c1-2-13-31(14-3-1)47-50-48(34-24-25-37-33(28-34)23-22-30-12-4-6-16-35(30)37)52-49(51-47)42-27-26-40(46-45(42)41-20-10-11-21-44(41)53-46)43-29-32-15-5-7-17-36(32)38-18-8-9-19-39(38)43/h1-29,33,37H. The first kappa shape index (κ1) is 29.8. The van der Waals surface area contributed by atoms with Crippen molar-refractivity contribution in [3.8, 4) is 33.9 Å². The van der Waals surface area contributed by atoms with Gasteiger partial charge in [0.1, 0.15) is 11.2 Å². The van der Waals surface area contributed by atoms with Crippen molar-refractivity contribution in [3.05, 3.63) is 187 Å². The van der Waals surface area contributed by atoms with Gasteiger partial charge in [-0.2, -0.15) is 0 Å². The fraction of sp³-hybridized carbons (Fsp3) is 0.0408. The molecule has 7 aromatic carbocycles. The van der Waals surface area contributed by atoms with Crippen molar-refractivity contribution in [1.82, 2.24) is 15.0 Å². The summed E-state index contributed by atoms with van der Waals surface area (Å²) in [7, 11) is 0. The van der Waals surface area contributed by atoms with Gasteiger partial charge in [0.25, 0.3) is 0 Å². The Morgan fingerprint density at radius 2 is 1.19 bits per heavy atom. The highest BCUT2D eigenvalue weighted by Crippen LogP contribution is 2.45. The largest absolute Gasteiger partial charge is 0.455 e. The third-order valence-corrected chi connectivity index (χ3v) is 10.9. The second kappa shape index (κ2) is 11.8. The molecule has 0 radical (unpaired) electrons. The van der Waals surface area contributed by atoms with Gasteiger partial charge in [-0.05, 0) is 62.5 Å². The first-order chi connectivity index (χ1) is 26.3. The summed E-state index contributed by atoms with van der Waals surface area (Å²) in [6, 6.07) is 51.0. The van der Waals surface area contributed by atoms with E-state index in [0.29, 0.717) is 17.5 Å². The molecule has 2 aliphatic rings. The van der Waals surface area contributed by atoms with E-state index in [2.05, 4.69) is 146 Å². The molecule has 0 N–H and O–H groups in total. The van der Waals surface area contributed by atoms with Crippen LogP contribution in [0.15, 0.2) is 174 Å². The van der Waals surface area contributed by atoms with Crippen LogP contribution in [0.5, 0.6) is 0 Å². The van der Waals surface area contributed by atoms with Crippen LogP contribution < -0.4 is 0 Å². The smallest absolute Gasteiger partial charge is 0.164 e. The van der Waals surface area contributed by atoms with E-state index < -0.39 is 0 Å². The number of hydrogen-bond acceptors (Lipinski definition) is 4. The zero-order chi connectivity index (χ0) is 34.9. The molecule has 4 nitrogen and oxygen atoms in total. The molecular formula is C49H31N3O. The van der Waals surface area contributed by atoms with Gasteiger partial charge in [0.2, 0.25) is 0 Å². The van der Waals surface area contributed by atoms with Crippen LogP contribution >= 0.6 is 0 Å². The number of furan rings is 1. The van der Waals surface area contributed by atoms with Crippen LogP contribution in [0.4, 0.5) is 0 Å². The van der Waals surface area contributed by atoms with Crippen LogP contribution in [0, 0.1) is 5.92 Å². The van der Waals surface area contributed by atoms with Gasteiger partial charge < -0.3 is 4.42 Å². The lowest BCUT2D eigenvalue weighted by atomic mass is 9.76. The predicted octanol–water partition coefficient (Wildman–Crippen LogP) is 12.5. The highest BCUT2D eigenvalue weighted by atomic mass is 16.3. The zero-order valence-electron chi connectivity index (χ0n) is 28.6. The maximum Gasteiger partial charge on any atom is 0.164 e. The second-order valence-electron chi connectivity index (χ2n) is 13.9. The average molecular weight is 678 g/mol. The Bertz CT molecular complexity index is 3020. The summed E-state index contributed by atoms with van der Waals surface area (Å²) in [5.41, 5.74) is 9.27. The molecule has 4 heteroatoms. The molecule has 0 amide bonds.